The number of benzene rings is 1. The minimum absolute atomic E-state index is 0.00920. The average Bonchev–Trinajstić information content (AvgIpc) is 3.37. The van der Waals surface area contributed by atoms with Crippen molar-refractivity contribution in [3.63, 3.8) is 0 Å². The minimum atomic E-state index is -1.16. The smallest absolute Gasteiger partial charge is 0.426 e. The first-order valence-electron chi connectivity index (χ1n) is 13.4. The van der Waals surface area contributed by atoms with Gasteiger partial charge in [0.15, 0.2) is 12.3 Å². The van der Waals surface area contributed by atoms with Gasteiger partial charge in [-0.25, -0.2) is 20.0 Å². The molecule has 9 heteroatoms. The van der Waals surface area contributed by atoms with Gasteiger partial charge in [-0.15, -0.1) is 0 Å². The van der Waals surface area contributed by atoms with E-state index in [-0.39, 0.29) is 25.4 Å². The molecule has 2 rings (SSSR count). The molecule has 1 aliphatic carbocycles. The van der Waals surface area contributed by atoms with E-state index in [2.05, 4.69) is 5.43 Å². The van der Waals surface area contributed by atoms with E-state index >= 15 is 0 Å². The summed E-state index contributed by atoms with van der Waals surface area (Å²) in [5, 5.41) is 1.06. The molecule has 0 bridgehead atoms. The Hall–Kier alpha value is -2.65. The van der Waals surface area contributed by atoms with Gasteiger partial charge in [-0.2, -0.15) is 0 Å². The van der Waals surface area contributed by atoms with Crippen LogP contribution in [0.3, 0.4) is 0 Å². The van der Waals surface area contributed by atoms with Gasteiger partial charge in [0.1, 0.15) is 12.2 Å². The molecule has 1 saturated carbocycles. The third-order valence-electron chi connectivity index (χ3n) is 6.05. The van der Waals surface area contributed by atoms with Crippen LogP contribution in [0, 0.1) is 5.92 Å². The van der Waals surface area contributed by atoms with Crippen LogP contribution in [0.5, 0.6) is 0 Å². The Morgan fingerprint density at radius 3 is 2.22 bits per heavy atom. The van der Waals surface area contributed by atoms with E-state index in [1.807, 2.05) is 44.2 Å². The fourth-order valence-corrected chi connectivity index (χ4v) is 4.33. The normalized spacial score (nSPS) is 14.9. The molecule has 0 radical (unpaired) electrons. The molecule has 0 spiro atoms. The highest BCUT2D eigenvalue weighted by Gasteiger charge is 2.37. The SMILES string of the molecule is CCOC(C[C@@H](C(=O)OC(C)(C)C)N(NC(=O)OCc1ccccc1)C(=O)CCC1CCCC1)OCC. The summed E-state index contributed by atoms with van der Waals surface area (Å²) in [5.41, 5.74) is 2.53. The number of nitrogens with zero attached hydrogens (tertiary/aromatic N) is 1. The fraction of sp³-hybridized carbons (Fsp3) is 0.679. The molecular formula is C28H44N2O7. The van der Waals surface area contributed by atoms with Crippen molar-refractivity contribution in [3.8, 4) is 0 Å². The topological polar surface area (TPSA) is 103 Å². The number of hydrogen-bond acceptors (Lipinski definition) is 7. The lowest BCUT2D eigenvalue weighted by Crippen LogP contribution is -2.57. The van der Waals surface area contributed by atoms with E-state index in [0.29, 0.717) is 25.6 Å². The number of hydrazine groups is 1. The van der Waals surface area contributed by atoms with Gasteiger partial charge in [-0.05, 0) is 52.5 Å². The van der Waals surface area contributed by atoms with Crippen LogP contribution in [0.1, 0.15) is 85.1 Å². The molecule has 1 atom stereocenters. The van der Waals surface area contributed by atoms with E-state index in [1.165, 1.54) is 0 Å². The lowest BCUT2D eigenvalue weighted by Gasteiger charge is -2.34. The summed E-state index contributed by atoms with van der Waals surface area (Å²) in [5.74, 6) is -0.573. The Bertz CT molecular complexity index is 829. The predicted molar refractivity (Wildman–Crippen MR) is 139 cm³/mol. The van der Waals surface area contributed by atoms with Crippen molar-refractivity contribution in [1.29, 1.82) is 0 Å². The van der Waals surface area contributed by atoms with Gasteiger partial charge in [-0.1, -0.05) is 56.0 Å². The van der Waals surface area contributed by atoms with Gasteiger partial charge in [-0.3, -0.25) is 4.79 Å². The number of esters is 1. The second kappa shape index (κ2) is 15.6. The van der Waals surface area contributed by atoms with Crippen molar-refractivity contribution in [2.75, 3.05) is 13.2 Å². The van der Waals surface area contributed by atoms with Crippen LogP contribution < -0.4 is 5.43 Å². The summed E-state index contributed by atoms with van der Waals surface area (Å²) in [6, 6.07) is 8.05. The van der Waals surface area contributed by atoms with Crippen LogP contribution in [0.25, 0.3) is 0 Å². The lowest BCUT2D eigenvalue weighted by atomic mass is 10.0. The second-order valence-corrected chi connectivity index (χ2v) is 10.3. The summed E-state index contributed by atoms with van der Waals surface area (Å²) in [6.45, 7) is 9.61. The number of amides is 2. The highest BCUT2D eigenvalue weighted by Crippen LogP contribution is 2.29. The fourth-order valence-electron chi connectivity index (χ4n) is 4.33. The quantitative estimate of drug-likeness (QED) is 0.219. The molecular weight excluding hydrogens is 476 g/mol. The third kappa shape index (κ3) is 11.5. The Morgan fingerprint density at radius 2 is 1.65 bits per heavy atom. The van der Waals surface area contributed by atoms with Gasteiger partial charge >= 0.3 is 12.1 Å². The molecule has 2 amide bonds. The molecule has 1 aromatic carbocycles. The number of rotatable bonds is 13. The van der Waals surface area contributed by atoms with Crippen molar-refractivity contribution >= 4 is 18.0 Å². The summed E-state index contributed by atoms with van der Waals surface area (Å²) in [4.78, 5) is 39.6. The zero-order chi connectivity index (χ0) is 27.3. The van der Waals surface area contributed by atoms with Gasteiger partial charge in [0.2, 0.25) is 5.91 Å². The molecule has 1 aliphatic rings. The zero-order valence-corrected chi connectivity index (χ0v) is 23.0. The number of hydrogen-bond donors (Lipinski definition) is 1. The molecule has 0 unspecified atom stereocenters. The Labute approximate surface area is 221 Å². The largest absolute Gasteiger partial charge is 0.458 e. The molecule has 0 heterocycles. The van der Waals surface area contributed by atoms with Crippen LogP contribution in [-0.4, -0.2) is 54.1 Å². The molecule has 9 nitrogen and oxygen atoms in total. The third-order valence-corrected chi connectivity index (χ3v) is 6.05. The monoisotopic (exact) mass is 520 g/mol. The van der Waals surface area contributed by atoms with Crippen LogP contribution in [-0.2, 0) is 35.1 Å². The first-order valence-corrected chi connectivity index (χ1v) is 13.4. The minimum Gasteiger partial charge on any atom is -0.458 e. The number of carbonyl (C=O) groups is 3. The molecule has 208 valence electrons. The summed E-state index contributed by atoms with van der Waals surface area (Å²) >= 11 is 0. The number of ether oxygens (including phenoxy) is 4. The van der Waals surface area contributed by atoms with Crippen LogP contribution >= 0.6 is 0 Å². The summed E-state index contributed by atoms with van der Waals surface area (Å²) < 4.78 is 22.3. The van der Waals surface area contributed by atoms with Gasteiger partial charge < -0.3 is 18.9 Å². The first-order chi connectivity index (χ1) is 17.6. The first kappa shape index (κ1) is 30.6. The maximum atomic E-state index is 13.5. The van der Waals surface area contributed by atoms with Crippen LogP contribution in [0.15, 0.2) is 30.3 Å². The predicted octanol–water partition coefficient (Wildman–Crippen LogP) is 5.13. The Balaban J connectivity index is 2.25. The lowest BCUT2D eigenvalue weighted by molar-refractivity contribution is -0.180. The van der Waals surface area contributed by atoms with E-state index in [1.54, 1.807) is 20.8 Å². The molecule has 1 N–H and O–H groups in total. The second-order valence-electron chi connectivity index (χ2n) is 10.3. The van der Waals surface area contributed by atoms with Gasteiger partial charge in [0.05, 0.1) is 0 Å². The number of nitrogens with one attached hydrogen (secondary N) is 1. The maximum Gasteiger partial charge on any atom is 0.426 e. The van der Waals surface area contributed by atoms with Crippen LogP contribution in [0.2, 0.25) is 0 Å². The van der Waals surface area contributed by atoms with Crippen LogP contribution in [0.4, 0.5) is 4.79 Å². The molecule has 0 aromatic heterocycles. The van der Waals surface area contributed by atoms with Crippen molar-refractivity contribution in [2.24, 2.45) is 5.92 Å². The van der Waals surface area contributed by atoms with E-state index in [9.17, 15) is 14.4 Å². The van der Waals surface area contributed by atoms with Gasteiger partial charge in [0.25, 0.3) is 0 Å². The zero-order valence-electron chi connectivity index (χ0n) is 23.0. The molecule has 0 saturated heterocycles. The molecule has 1 fully saturated rings. The van der Waals surface area contributed by atoms with Crippen molar-refractivity contribution < 1.29 is 33.3 Å². The molecule has 1 aromatic rings. The van der Waals surface area contributed by atoms with Crippen molar-refractivity contribution in [3.05, 3.63) is 35.9 Å². The Morgan fingerprint density at radius 1 is 1.03 bits per heavy atom. The standard InChI is InChI=1S/C28H44N2O7/c1-6-34-25(35-7-2)19-23(26(32)37-28(3,4)5)30(24(31)18-17-21-13-11-12-14-21)29-27(33)36-20-22-15-9-8-10-16-22/h8-10,15-16,21,23,25H,6-7,11-14,17-20H2,1-5H3,(H,29,33)/t23-/m0/s1. The summed E-state index contributed by atoms with van der Waals surface area (Å²) in [6.07, 6.45) is 3.78. The maximum absolute atomic E-state index is 13.5. The van der Waals surface area contributed by atoms with Crippen molar-refractivity contribution in [2.45, 2.75) is 104 Å². The van der Waals surface area contributed by atoms with E-state index < -0.39 is 30.0 Å². The Kier molecular flexibility index (Phi) is 12.9. The van der Waals surface area contributed by atoms with E-state index in [4.69, 9.17) is 18.9 Å². The van der Waals surface area contributed by atoms with Gasteiger partial charge in [0, 0.05) is 26.1 Å². The highest BCUT2D eigenvalue weighted by atomic mass is 16.7. The molecule has 37 heavy (non-hydrogen) atoms. The summed E-state index contributed by atoms with van der Waals surface area (Å²) in [7, 11) is 0. The number of carbonyl (C=O) groups excluding carboxylic acids is 3. The average molecular weight is 521 g/mol. The highest BCUT2D eigenvalue weighted by molar-refractivity contribution is 5.86. The van der Waals surface area contributed by atoms with Crippen molar-refractivity contribution in [1.82, 2.24) is 10.4 Å². The van der Waals surface area contributed by atoms with E-state index in [0.717, 1.165) is 36.3 Å². The molecule has 0 aliphatic heterocycles.